The van der Waals surface area contributed by atoms with Gasteiger partial charge >= 0.3 is 0 Å². The molecular weight excluding hydrogens is 186 g/mol. The first-order valence-corrected chi connectivity index (χ1v) is 4.59. The summed E-state index contributed by atoms with van der Waals surface area (Å²) in [6, 6.07) is 0. The molecule has 0 saturated carbocycles. The van der Waals surface area contributed by atoms with Gasteiger partial charge in [-0.3, -0.25) is 4.79 Å². The maximum absolute atomic E-state index is 11.7. The van der Waals surface area contributed by atoms with Crippen LogP contribution in [0, 0.1) is 5.92 Å². The molecule has 1 amide bonds. The maximum Gasteiger partial charge on any atom is 0.257 e. The van der Waals surface area contributed by atoms with Gasteiger partial charge < -0.3 is 10.2 Å². The third-order valence-electron chi connectivity index (χ3n) is 2.08. The standard InChI is InChI=1S/C8H19N3O3/c1-4-6(7(13)5-12)8(14)11(9-2)10-3/h6-7,9-10,12-13H,4-5H2,1-3H3. The summed E-state index contributed by atoms with van der Waals surface area (Å²) < 4.78 is 0. The number of hydrogen-bond acceptors (Lipinski definition) is 5. The zero-order valence-corrected chi connectivity index (χ0v) is 8.82. The monoisotopic (exact) mass is 205 g/mol. The molecule has 0 fully saturated rings. The Morgan fingerprint density at radius 3 is 2.21 bits per heavy atom. The minimum absolute atomic E-state index is 0.293. The number of aliphatic hydroxyl groups is 2. The third kappa shape index (κ3) is 3.22. The second kappa shape index (κ2) is 6.72. The molecule has 0 saturated heterocycles. The summed E-state index contributed by atoms with van der Waals surface area (Å²) >= 11 is 0. The van der Waals surface area contributed by atoms with Gasteiger partial charge in [0, 0.05) is 14.1 Å². The second-order valence-electron chi connectivity index (χ2n) is 2.89. The average molecular weight is 205 g/mol. The second-order valence-corrected chi connectivity index (χ2v) is 2.89. The van der Waals surface area contributed by atoms with E-state index in [-0.39, 0.29) is 5.91 Å². The highest BCUT2D eigenvalue weighted by Gasteiger charge is 2.28. The van der Waals surface area contributed by atoms with Gasteiger partial charge in [-0.25, -0.2) is 16.0 Å². The van der Waals surface area contributed by atoms with Crippen molar-refractivity contribution in [2.45, 2.75) is 19.4 Å². The van der Waals surface area contributed by atoms with E-state index >= 15 is 0 Å². The molecular formula is C8H19N3O3. The van der Waals surface area contributed by atoms with E-state index < -0.39 is 18.6 Å². The fraction of sp³-hybridized carbons (Fsp3) is 0.875. The molecule has 0 aliphatic heterocycles. The van der Waals surface area contributed by atoms with E-state index in [4.69, 9.17) is 5.11 Å². The molecule has 2 atom stereocenters. The number of aliphatic hydroxyl groups excluding tert-OH is 2. The predicted molar refractivity (Wildman–Crippen MR) is 51.8 cm³/mol. The molecule has 0 aromatic rings. The van der Waals surface area contributed by atoms with Crippen molar-refractivity contribution in [3.8, 4) is 0 Å². The van der Waals surface area contributed by atoms with Crippen molar-refractivity contribution >= 4 is 5.91 Å². The lowest BCUT2D eigenvalue weighted by Gasteiger charge is -2.26. The zero-order chi connectivity index (χ0) is 11.1. The molecule has 0 rings (SSSR count). The van der Waals surface area contributed by atoms with Gasteiger partial charge in [-0.1, -0.05) is 6.92 Å². The van der Waals surface area contributed by atoms with Crippen molar-refractivity contribution in [2.75, 3.05) is 20.7 Å². The Hall–Kier alpha value is -0.690. The fourth-order valence-corrected chi connectivity index (χ4v) is 1.24. The van der Waals surface area contributed by atoms with E-state index in [1.54, 1.807) is 21.0 Å². The predicted octanol–water partition coefficient (Wildman–Crippen LogP) is -1.54. The maximum atomic E-state index is 11.7. The van der Waals surface area contributed by atoms with Crippen LogP contribution in [0.5, 0.6) is 0 Å². The lowest BCUT2D eigenvalue weighted by atomic mass is 9.99. The molecule has 4 N–H and O–H groups in total. The third-order valence-corrected chi connectivity index (χ3v) is 2.08. The van der Waals surface area contributed by atoms with Crippen molar-refractivity contribution in [1.82, 2.24) is 16.0 Å². The molecule has 2 unspecified atom stereocenters. The molecule has 0 aromatic carbocycles. The van der Waals surface area contributed by atoms with Crippen molar-refractivity contribution in [3.05, 3.63) is 0 Å². The van der Waals surface area contributed by atoms with Gasteiger partial charge in [-0.2, -0.15) is 0 Å². The number of carbonyl (C=O) groups is 1. The Morgan fingerprint density at radius 2 is 1.93 bits per heavy atom. The molecule has 14 heavy (non-hydrogen) atoms. The normalized spacial score (nSPS) is 14.9. The van der Waals surface area contributed by atoms with E-state index in [0.29, 0.717) is 6.42 Å². The van der Waals surface area contributed by atoms with Gasteiger partial charge in [0.25, 0.3) is 5.91 Å². The number of nitrogens with one attached hydrogen (secondary N) is 2. The summed E-state index contributed by atoms with van der Waals surface area (Å²) in [5, 5.41) is 19.3. The van der Waals surface area contributed by atoms with Gasteiger partial charge in [0.2, 0.25) is 0 Å². The molecule has 84 valence electrons. The van der Waals surface area contributed by atoms with Crippen LogP contribution in [0.1, 0.15) is 13.3 Å². The van der Waals surface area contributed by atoms with Crippen LogP contribution in [0.4, 0.5) is 0 Å². The molecule has 6 heteroatoms. The first-order chi connectivity index (χ1) is 6.62. The van der Waals surface area contributed by atoms with Crippen LogP contribution in [0.3, 0.4) is 0 Å². The van der Waals surface area contributed by atoms with Gasteiger partial charge in [-0.05, 0) is 6.42 Å². The van der Waals surface area contributed by atoms with E-state index in [1.807, 2.05) is 0 Å². The average Bonchev–Trinajstić information content (AvgIpc) is 2.20. The number of nitrogens with zero attached hydrogens (tertiary/aromatic N) is 1. The minimum atomic E-state index is -1.02. The van der Waals surface area contributed by atoms with E-state index in [0.717, 1.165) is 0 Å². The summed E-state index contributed by atoms with van der Waals surface area (Å²) in [5.74, 6) is -0.890. The van der Waals surface area contributed by atoms with E-state index in [1.165, 1.54) is 5.12 Å². The number of hydrazine groups is 2. The van der Waals surface area contributed by atoms with Crippen molar-refractivity contribution in [1.29, 1.82) is 0 Å². The summed E-state index contributed by atoms with van der Waals surface area (Å²) in [6.45, 7) is 1.37. The van der Waals surface area contributed by atoms with Crippen molar-refractivity contribution in [3.63, 3.8) is 0 Å². The Morgan fingerprint density at radius 1 is 1.43 bits per heavy atom. The summed E-state index contributed by atoms with van der Waals surface area (Å²) in [6.07, 6.45) is -0.544. The fourth-order valence-electron chi connectivity index (χ4n) is 1.24. The van der Waals surface area contributed by atoms with Crippen molar-refractivity contribution in [2.24, 2.45) is 5.92 Å². The minimum Gasteiger partial charge on any atom is -0.394 e. The van der Waals surface area contributed by atoms with Crippen molar-refractivity contribution < 1.29 is 15.0 Å². The molecule has 0 bridgehead atoms. The topological polar surface area (TPSA) is 84.8 Å². The molecule has 0 aliphatic carbocycles. The summed E-state index contributed by atoms with van der Waals surface area (Å²) in [7, 11) is 3.18. The molecule has 0 aliphatic rings. The molecule has 0 aromatic heterocycles. The molecule has 0 radical (unpaired) electrons. The van der Waals surface area contributed by atoms with Crippen LogP contribution < -0.4 is 10.9 Å². The summed E-state index contributed by atoms with van der Waals surface area (Å²) in [4.78, 5) is 11.7. The highest BCUT2D eigenvalue weighted by atomic mass is 16.3. The highest BCUT2D eigenvalue weighted by Crippen LogP contribution is 2.10. The molecule has 0 heterocycles. The Labute approximate surface area is 83.8 Å². The van der Waals surface area contributed by atoms with E-state index in [9.17, 15) is 9.90 Å². The number of hydrogen-bond donors (Lipinski definition) is 4. The van der Waals surface area contributed by atoms with Crippen LogP contribution >= 0.6 is 0 Å². The number of rotatable bonds is 6. The van der Waals surface area contributed by atoms with Crippen LogP contribution in [0.15, 0.2) is 0 Å². The molecule has 6 nitrogen and oxygen atoms in total. The van der Waals surface area contributed by atoms with Crippen LogP contribution in [-0.2, 0) is 4.79 Å². The Bertz CT molecular complexity index is 173. The zero-order valence-electron chi connectivity index (χ0n) is 8.82. The first-order valence-electron chi connectivity index (χ1n) is 4.59. The van der Waals surface area contributed by atoms with Gasteiger partial charge in [0.1, 0.15) is 0 Å². The van der Waals surface area contributed by atoms with Crippen LogP contribution in [-0.4, -0.2) is 48.0 Å². The number of carbonyl (C=O) groups excluding carboxylic acids is 1. The largest absolute Gasteiger partial charge is 0.394 e. The smallest absolute Gasteiger partial charge is 0.257 e. The van der Waals surface area contributed by atoms with E-state index in [2.05, 4.69) is 10.9 Å². The van der Waals surface area contributed by atoms with Crippen LogP contribution in [0.2, 0.25) is 0 Å². The van der Waals surface area contributed by atoms with Gasteiger partial charge in [0.05, 0.1) is 18.6 Å². The SMILES string of the molecule is CCC(C(=O)N(NC)NC)C(O)CO. The van der Waals surface area contributed by atoms with Crippen LogP contribution in [0.25, 0.3) is 0 Å². The van der Waals surface area contributed by atoms with Gasteiger partial charge in [-0.15, -0.1) is 0 Å². The quantitative estimate of drug-likeness (QED) is 0.395. The molecule has 0 spiro atoms. The summed E-state index contributed by atoms with van der Waals surface area (Å²) in [5.41, 5.74) is 5.25. The Kier molecular flexibility index (Phi) is 6.39. The lowest BCUT2D eigenvalue weighted by Crippen LogP contribution is -2.53. The lowest BCUT2D eigenvalue weighted by molar-refractivity contribution is -0.147. The Balaban J connectivity index is 4.43. The number of amides is 1. The van der Waals surface area contributed by atoms with Gasteiger partial charge in [0.15, 0.2) is 0 Å². The highest BCUT2D eigenvalue weighted by molar-refractivity contribution is 5.78. The first kappa shape index (κ1) is 13.3.